The summed E-state index contributed by atoms with van der Waals surface area (Å²) >= 11 is 1.34. The minimum Gasteiger partial charge on any atom is -0.369 e. The van der Waals surface area contributed by atoms with Crippen molar-refractivity contribution in [3.05, 3.63) is 39.9 Å². The molecule has 2 N–H and O–H groups in total. The number of thioether (sulfide) groups is 1. The van der Waals surface area contributed by atoms with Crippen molar-refractivity contribution in [3.8, 4) is 0 Å². The van der Waals surface area contributed by atoms with Gasteiger partial charge in [-0.1, -0.05) is 12.1 Å². The molecule has 0 atom stereocenters. The molecule has 0 radical (unpaired) electrons. The van der Waals surface area contributed by atoms with Crippen LogP contribution in [0.1, 0.15) is 5.56 Å². The molecule has 0 aliphatic rings. The zero-order chi connectivity index (χ0) is 11.3. The fourth-order valence-corrected chi connectivity index (χ4v) is 1.75. The molecular weight excluding hydrogens is 216 g/mol. The van der Waals surface area contributed by atoms with Gasteiger partial charge >= 0.3 is 0 Å². The van der Waals surface area contributed by atoms with Crippen LogP contribution in [0.15, 0.2) is 24.3 Å². The number of hydrogen-bond donors (Lipinski definition) is 1. The number of non-ortho nitro benzene ring substituents is 1. The first-order chi connectivity index (χ1) is 7.09. The third kappa shape index (κ3) is 3.99. The lowest BCUT2D eigenvalue weighted by Crippen LogP contribution is -2.13. The van der Waals surface area contributed by atoms with Gasteiger partial charge in [0.2, 0.25) is 5.91 Å². The molecule has 0 aromatic heterocycles. The Balaban J connectivity index is 2.58. The van der Waals surface area contributed by atoms with E-state index in [0.29, 0.717) is 5.75 Å². The zero-order valence-corrected chi connectivity index (χ0v) is 8.70. The Labute approximate surface area is 90.8 Å². The summed E-state index contributed by atoms with van der Waals surface area (Å²) in [5, 5.41) is 10.5. The van der Waals surface area contributed by atoms with Gasteiger partial charge in [-0.25, -0.2) is 0 Å². The van der Waals surface area contributed by atoms with E-state index in [4.69, 9.17) is 5.73 Å². The second-order valence-corrected chi connectivity index (χ2v) is 3.87. The highest BCUT2D eigenvalue weighted by atomic mass is 32.2. The number of nitro groups is 1. The molecule has 1 rings (SSSR count). The highest BCUT2D eigenvalue weighted by molar-refractivity contribution is 7.99. The molecule has 6 heteroatoms. The second-order valence-electron chi connectivity index (χ2n) is 2.89. The Morgan fingerprint density at radius 2 is 2.27 bits per heavy atom. The number of nitrogens with zero attached hydrogens (tertiary/aromatic N) is 1. The number of primary amides is 1. The fraction of sp³-hybridized carbons (Fsp3) is 0.222. The van der Waals surface area contributed by atoms with Gasteiger partial charge in [0.25, 0.3) is 5.69 Å². The number of hydrogen-bond acceptors (Lipinski definition) is 4. The predicted octanol–water partition coefficient (Wildman–Crippen LogP) is 1.31. The Morgan fingerprint density at radius 3 is 2.87 bits per heavy atom. The Morgan fingerprint density at radius 1 is 1.53 bits per heavy atom. The molecule has 0 saturated carbocycles. The molecular formula is C9H10N2O3S. The summed E-state index contributed by atoms with van der Waals surface area (Å²) in [6.45, 7) is 0. The summed E-state index contributed by atoms with van der Waals surface area (Å²) in [4.78, 5) is 20.5. The van der Waals surface area contributed by atoms with Crippen LogP contribution in [0.4, 0.5) is 5.69 Å². The molecule has 0 bridgehead atoms. The average Bonchev–Trinajstić information content (AvgIpc) is 2.17. The Hall–Kier alpha value is -1.56. The first-order valence-electron chi connectivity index (χ1n) is 4.19. The summed E-state index contributed by atoms with van der Waals surface area (Å²) in [6.07, 6.45) is 0. The van der Waals surface area contributed by atoms with Crippen molar-refractivity contribution in [2.45, 2.75) is 5.75 Å². The molecule has 1 amide bonds. The van der Waals surface area contributed by atoms with Crippen molar-refractivity contribution in [2.75, 3.05) is 5.75 Å². The molecule has 0 fully saturated rings. The number of nitro benzene ring substituents is 1. The normalized spacial score (nSPS) is 9.87. The standard InChI is InChI=1S/C9H10N2O3S/c10-9(12)6-15-5-7-2-1-3-8(4-7)11(13)14/h1-4H,5-6H2,(H2,10,12). The van der Waals surface area contributed by atoms with Crippen LogP contribution < -0.4 is 5.73 Å². The molecule has 80 valence electrons. The second kappa shape index (κ2) is 5.35. The topological polar surface area (TPSA) is 86.2 Å². The van der Waals surface area contributed by atoms with Gasteiger partial charge in [0, 0.05) is 17.9 Å². The van der Waals surface area contributed by atoms with Gasteiger partial charge in [0.1, 0.15) is 0 Å². The third-order valence-electron chi connectivity index (χ3n) is 1.63. The smallest absolute Gasteiger partial charge is 0.269 e. The lowest BCUT2D eigenvalue weighted by atomic mass is 10.2. The van der Waals surface area contributed by atoms with Crippen LogP contribution in [0.5, 0.6) is 0 Å². The molecule has 0 heterocycles. The van der Waals surface area contributed by atoms with Gasteiger partial charge in [-0.05, 0) is 5.56 Å². The van der Waals surface area contributed by atoms with Crippen molar-refractivity contribution in [3.63, 3.8) is 0 Å². The van der Waals surface area contributed by atoms with Crippen LogP contribution in [-0.4, -0.2) is 16.6 Å². The van der Waals surface area contributed by atoms with E-state index in [9.17, 15) is 14.9 Å². The van der Waals surface area contributed by atoms with Crippen molar-refractivity contribution < 1.29 is 9.72 Å². The van der Waals surface area contributed by atoms with Gasteiger partial charge in [-0.15, -0.1) is 11.8 Å². The molecule has 15 heavy (non-hydrogen) atoms. The average molecular weight is 226 g/mol. The summed E-state index contributed by atoms with van der Waals surface area (Å²) < 4.78 is 0. The largest absolute Gasteiger partial charge is 0.369 e. The number of carbonyl (C=O) groups is 1. The first kappa shape index (κ1) is 11.5. The van der Waals surface area contributed by atoms with Crippen LogP contribution in [-0.2, 0) is 10.5 Å². The van der Waals surface area contributed by atoms with Crippen LogP contribution in [0, 0.1) is 10.1 Å². The summed E-state index contributed by atoms with van der Waals surface area (Å²) in [6, 6.07) is 6.33. The number of carbonyl (C=O) groups excluding carboxylic acids is 1. The SMILES string of the molecule is NC(=O)CSCc1cccc([N+](=O)[O-])c1. The minimum atomic E-state index is -0.442. The van der Waals surface area contributed by atoms with Crippen molar-refractivity contribution in [2.24, 2.45) is 5.73 Å². The van der Waals surface area contributed by atoms with Crippen LogP contribution in [0.2, 0.25) is 0 Å². The van der Waals surface area contributed by atoms with Gasteiger partial charge in [0.05, 0.1) is 10.7 Å². The van der Waals surface area contributed by atoms with Crippen LogP contribution in [0.3, 0.4) is 0 Å². The van der Waals surface area contributed by atoms with E-state index in [-0.39, 0.29) is 17.3 Å². The summed E-state index contributed by atoms with van der Waals surface area (Å²) in [7, 11) is 0. The monoisotopic (exact) mass is 226 g/mol. The molecule has 0 saturated heterocycles. The number of benzene rings is 1. The number of amides is 1. The summed E-state index contributed by atoms with van der Waals surface area (Å²) in [5.41, 5.74) is 5.84. The van der Waals surface area contributed by atoms with Gasteiger partial charge < -0.3 is 5.73 Å². The maximum Gasteiger partial charge on any atom is 0.269 e. The van der Waals surface area contributed by atoms with E-state index >= 15 is 0 Å². The lowest BCUT2D eigenvalue weighted by Gasteiger charge is -1.99. The highest BCUT2D eigenvalue weighted by Gasteiger charge is 2.05. The van der Waals surface area contributed by atoms with Crippen molar-refractivity contribution in [1.82, 2.24) is 0 Å². The minimum absolute atomic E-state index is 0.0622. The van der Waals surface area contributed by atoms with E-state index in [0.717, 1.165) is 5.56 Å². The van der Waals surface area contributed by atoms with E-state index in [2.05, 4.69) is 0 Å². The van der Waals surface area contributed by atoms with Gasteiger partial charge in [-0.3, -0.25) is 14.9 Å². The van der Waals surface area contributed by atoms with E-state index in [1.165, 1.54) is 23.9 Å². The maximum atomic E-state index is 10.5. The van der Waals surface area contributed by atoms with Gasteiger partial charge in [-0.2, -0.15) is 0 Å². The molecule has 0 spiro atoms. The lowest BCUT2D eigenvalue weighted by molar-refractivity contribution is -0.384. The molecule has 0 aliphatic carbocycles. The number of nitrogens with two attached hydrogens (primary N) is 1. The Kier molecular flexibility index (Phi) is 4.11. The van der Waals surface area contributed by atoms with E-state index < -0.39 is 4.92 Å². The molecule has 1 aromatic rings. The molecule has 5 nitrogen and oxygen atoms in total. The third-order valence-corrected chi connectivity index (χ3v) is 2.66. The zero-order valence-electron chi connectivity index (χ0n) is 7.88. The van der Waals surface area contributed by atoms with Gasteiger partial charge in [0.15, 0.2) is 0 Å². The molecule has 1 aromatic carbocycles. The summed E-state index contributed by atoms with van der Waals surface area (Å²) in [5.74, 6) is 0.387. The van der Waals surface area contributed by atoms with Crippen LogP contribution in [0.25, 0.3) is 0 Å². The van der Waals surface area contributed by atoms with E-state index in [1.807, 2.05) is 0 Å². The Bertz CT molecular complexity index is 381. The fourth-order valence-electron chi connectivity index (χ4n) is 1.03. The van der Waals surface area contributed by atoms with Crippen molar-refractivity contribution in [1.29, 1.82) is 0 Å². The predicted molar refractivity (Wildman–Crippen MR) is 58.5 cm³/mol. The molecule has 0 aliphatic heterocycles. The van der Waals surface area contributed by atoms with Crippen molar-refractivity contribution >= 4 is 23.4 Å². The maximum absolute atomic E-state index is 10.5. The van der Waals surface area contributed by atoms with Crippen LogP contribution >= 0.6 is 11.8 Å². The van der Waals surface area contributed by atoms with E-state index in [1.54, 1.807) is 12.1 Å². The quantitative estimate of drug-likeness (QED) is 0.605. The highest BCUT2D eigenvalue weighted by Crippen LogP contribution is 2.17. The first-order valence-corrected chi connectivity index (χ1v) is 5.34. The number of rotatable bonds is 5. The molecule has 0 unspecified atom stereocenters.